The highest BCUT2D eigenvalue weighted by Gasteiger charge is 2.26. The van der Waals surface area contributed by atoms with Gasteiger partial charge in [0, 0.05) is 12.2 Å². The monoisotopic (exact) mass is 388 g/mol. The molecule has 0 unspecified atom stereocenters. The van der Waals surface area contributed by atoms with Crippen LogP contribution in [-0.2, 0) is 14.8 Å². The summed E-state index contributed by atoms with van der Waals surface area (Å²) in [6, 6.07) is 12.9. The minimum absolute atomic E-state index is 0.218. The summed E-state index contributed by atoms with van der Waals surface area (Å²) < 4.78 is 27.2. The zero-order valence-corrected chi connectivity index (χ0v) is 17.4. The lowest BCUT2D eigenvalue weighted by molar-refractivity contribution is -0.116. The lowest BCUT2D eigenvalue weighted by Crippen LogP contribution is -2.38. The number of hydrogen-bond donors (Lipinski definition) is 1. The molecular formula is C21H28N2O3S. The Hall–Kier alpha value is -2.18. The molecule has 27 heavy (non-hydrogen) atoms. The van der Waals surface area contributed by atoms with Crippen molar-refractivity contribution in [1.82, 2.24) is 4.31 Å². The van der Waals surface area contributed by atoms with E-state index < -0.39 is 10.0 Å². The number of hydrogen-bond acceptors (Lipinski definition) is 3. The van der Waals surface area contributed by atoms with Crippen LogP contribution in [0.25, 0.3) is 0 Å². The molecule has 0 fully saturated rings. The minimum Gasteiger partial charge on any atom is -0.325 e. The summed E-state index contributed by atoms with van der Waals surface area (Å²) in [6.07, 6.45) is 0. The third kappa shape index (κ3) is 5.17. The lowest BCUT2D eigenvalue weighted by atomic mass is 10.0. The Balaban J connectivity index is 2.15. The van der Waals surface area contributed by atoms with E-state index in [1.807, 2.05) is 37.3 Å². The average molecular weight is 389 g/mol. The first kappa shape index (κ1) is 21.1. The molecule has 0 atom stereocenters. The van der Waals surface area contributed by atoms with Gasteiger partial charge in [0.25, 0.3) is 0 Å². The molecule has 2 aromatic carbocycles. The molecule has 0 aliphatic carbocycles. The van der Waals surface area contributed by atoms with Gasteiger partial charge in [-0.25, -0.2) is 8.42 Å². The van der Waals surface area contributed by atoms with Crippen LogP contribution in [0.2, 0.25) is 0 Å². The third-order valence-electron chi connectivity index (χ3n) is 4.50. The molecule has 0 saturated carbocycles. The summed E-state index contributed by atoms with van der Waals surface area (Å²) in [5, 5.41) is 2.78. The molecule has 0 aliphatic heterocycles. The van der Waals surface area contributed by atoms with Crippen LogP contribution >= 0.6 is 0 Å². The van der Waals surface area contributed by atoms with E-state index in [2.05, 4.69) is 19.2 Å². The Labute approximate surface area is 162 Å². The number of nitrogens with one attached hydrogen (secondary N) is 1. The fourth-order valence-electron chi connectivity index (χ4n) is 2.80. The van der Waals surface area contributed by atoms with Crippen LogP contribution in [0.5, 0.6) is 0 Å². The maximum atomic E-state index is 13.0. The van der Waals surface area contributed by atoms with E-state index in [1.54, 1.807) is 26.0 Å². The second-order valence-electron chi connectivity index (χ2n) is 7.03. The van der Waals surface area contributed by atoms with Gasteiger partial charge in [0.05, 0.1) is 11.4 Å². The fraction of sp³-hybridized carbons (Fsp3) is 0.381. The van der Waals surface area contributed by atoms with Crippen LogP contribution in [0.15, 0.2) is 47.4 Å². The number of rotatable bonds is 7. The summed E-state index contributed by atoms with van der Waals surface area (Å²) >= 11 is 0. The van der Waals surface area contributed by atoms with Gasteiger partial charge in [-0.1, -0.05) is 45.0 Å². The van der Waals surface area contributed by atoms with E-state index >= 15 is 0 Å². The number of benzene rings is 2. The average Bonchev–Trinajstić information content (AvgIpc) is 2.61. The topological polar surface area (TPSA) is 66.5 Å². The van der Waals surface area contributed by atoms with Gasteiger partial charge in [0.2, 0.25) is 15.9 Å². The van der Waals surface area contributed by atoms with Gasteiger partial charge in [-0.2, -0.15) is 4.31 Å². The molecule has 2 rings (SSSR count). The standard InChI is InChI=1S/C21H28N2O3S/c1-6-23(27(25,26)20-13-16(4)7-8-17(20)5)14-21(24)22-19-11-9-18(10-12-19)15(2)3/h7-13,15H,6,14H2,1-5H3,(H,22,24). The van der Waals surface area contributed by atoms with E-state index in [9.17, 15) is 13.2 Å². The Morgan fingerprint density at radius 3 is 2.26 bits per heavy atom. The number of nitrogens with zero attached hydrogens (tertiary/aromatic N) is 1. The van der Waals surface area contributed by atoms with Crippen LogP contribution in [0.4, 0.5) is 5.69 Å². The zero-order chi connectivity index (χ0) is 20.2. The van der Waals surface area contributed by atoms with Crippen LogP contribution in [-0.4, -0.2) is 31.7 Å². The number of sulfonamides is 1. The van der Waals surface area contributed by atoms with Crippen LogP contribution in [0, 0.1) is 13.8 Å². The summed E-state index contributed by atoms with van der Waals surface area (Å²) in [5.41, 5.74) is 3.37. The first-order chi connectivity index (χ1) is 12.6. The van der Waals surface area contributed by atoms with E-state index in [-0.39, 0.29) is 23.9 Å². The van der Waals surface area contributed by atoms with Crippen molar-refractivity contribution in [3.8, 4) is 0 Å². The maximum Gasteiger partial charge on any atom is 0.243 e. The van der Waals surface area contributed by atoms with Crippen molar-refractivity contribution in [2.75, 3.05) is 18.4 Å². The second-order valence-corrected chi connectivity index (χ2v) is 8.93. The number of anilines is 1. The van der Waals surface area contributed by atoms with Gasteiger partial charge in [-0.05, 0) is 54.7 Å². The Morgan fingerprint density at radius 1 is 1.07 bits per heavy atom. The third-order valence-corrected chi connectivity index (χ3v) is 6.56. The van der Waals surface area contributed by atoms with Crippen molar-refractivity contribution < 1.29 is 13.2 Å². The number of likely N-dealkylation sites (N-methyl/N-ethyl adjacent to an activating group) is 1. The fourth-order valence-corrected chi connectivity index (χ4v) is 4.52. The normalized spacial score (nSPS) is 11.8. The highest BCUT2D eigenvalue weighted by atomic mass is 32.2. The van der Waals surface area contributed by atoms with Crippen molar-refractivity contribution in [1.29, 1.82) is 0 Å². The van der Waals surface area contributed by atoms with E-state index in [4.69, 9.17) is 0 Å². The molecule has 1 amide bonds. The molecule has 146 valence electrons. The zero-order valence-electron chi connectivity index (χ0n) is 16.6. The van der Waals surface area contributed by atoms with Gasteiger partial charge < -0.3 is 5.32 Å². The van der Waals surface area contributed by atoms with Gasteiger partial charge >= 0.3 is 0 Å². The summed E-state index contributed by atoms with van der Waals surface area (Å²) in [4.78, 5) is 12.7. The molecule has 0 spiro atoms. The summed E-state index contributed by atoms with van der Waals surface area (Å²) in [6.45, 7) is 9.54. The Bertz CT molecular complexity index is 904. The molecule has 2 aromatic rings. The summed E-state index contributed by atoms with van der Waals surface area (Å²) in [7, 11) is -3.74. The molecular weight excluding hydrogens is 360 g/mol. The van der Waals surface area contributed by atoms with E-state index in [0.717, 1.165) is 5.56 Å². The first-order valence-corrected chi connectivity index (χ1v) is 10.6. The Kier molecular flexibility index (Phi) is 6.78. The smallest absolute Gasteiger partial charge is 0.243 e. The molecule has 0 bridgehead atoms. The van der Waals surface area contributed by atoms with E-state index in [1.165, 1.54) is 9.87 Å². The molecule has 0 radical (unpaired) electrons. The molecule has 0 heterocycles. The highest BCUT2D eigenvalue weighted by molar-refractivity contribution is 7.89. The van der Waals surface area contributed by atoms with Crippen LogP contribution in [0.3, 0.4) is 0 Å². The van der Waals surface area contributed by atoms with Crippen molar-refractivity contribution in [3.05, 3.63) is 59.2 Å². The first-order valence-electron chi connectivity index (χ1n) is 9.12. The molecule has 6 heteroatoms. The van der Waals surface area contributed by atoms with Crippen LogP contribution in [0.1, 0.15) is 43.4 Å². The largest absolute Gasteiger partial charge is 0.325 e. The molecule has 0 saturated heterocycles. The molecule has 0 aromatic heterocycles. The summed E-state index contributed by atoms with van der Waals surface area (Å²) in [5.74, 6) is 0.0519. The number of carbonyl (C=O) groups excluding carboxylic acids is 1. The van der Waals surface area contributed by atoms with Crippen molar-refractivity contribution >= 4 is 21.6 Å². The van der Waals surface area contributed by atoms with E-state index in [0.29, 0.717) is 17.2 Å². The second kappa shape index (κ2) is 8.67. The predicted octanol–water partition coefficient (Wildman–Crippen LogP) is 4.08. The molecule has 1 N–H and O–H groups in total. The maximum absolute atomic E-state index is 13.0. The highest BCUT2D eigenvalue weighted by Crippen LogP contribution is 2.21. The Morgan fingerprint density at radius 2 is 1.70 bits per heavy atom. The number of amides is 1. The van der Waals surface area contributed by atoms with Gasteiger partial charge in [-0.15, -0.1) is 0 Å². The predicted molar refractivity (Wildman–Crippen MR) is 110 cm³/mol. The number of aryl methyl sites for hydroxylation is 2. The molecule has 0 aliphatic rings. The SMILES string of the molecule is CCN(CC(=O)Nc1ccc(C(C)C)cc1)S(=O)(=O)c1cc(C)ccc1C. The van der Waals surface area contributed by atoms with Crippen molar-refractivity contribution in [2.45, 2.75) is 45.4 Å². The van der Waals surface area contributed by atoms with Gasteiger partial charge in [0.15, 0.2) is 0 Å². The van der Waals surface area contributed by atoms with Crippen molar-refractivity contribution in [2.24, 2.45) is 0 Å². The minimum atomic E-state index is -3.74. The molecule has 5 nitrogen and oxygen atoms in total. The quantitative estimate of drug-likeness (QED) is 0.777. The van der Waals surface area contributed by atoms with Crippen molar-refractivity contribution in [3.63, 3.8) is 0 Å². The van der Waals surface area contributed by atoms with Gasteiger partial charge in [0.1, 0.15) is 0 Å². The lowest BCUT2D eigenvalue weighted by Gasteiger charge is -2.21. The van der Waals surface area contributed by atoms with Crippen LogP contribution < -0.4 is 5.32 Å². The number of carbonyl (C=O) groups is 1. The van der Waals surface area contributed by atoms with Gasteiger partial charge in [-0.3, -0.25) is 4.79 Å².